The van der Waals surface area contributed by atoms with E-state index in [1.54, 1.807) is 4.90 Å². The fourth-order valence-electron chi connectivity index (χ4n) is 2.34. The van der Waals surface area contributed by atoms with Crippen molar-refractivity contribution in [2.45, 2.75) is 38.7 Å². The summed E-state index contributed by atoms with van der Waals surface area (Å²) in [5.74, 6) is 0.240. The first-order valence-electron chi connectivity index (χ1n) is 7.79. The highest BCUT2D eigenvalue weighted by Crippen LogP contribution is 2.20. The quantitative estimate of drug-likeness (QED) is 0.454. The minimum absolute atomic E-state index is 0.161. The van der Waals surface area contributed by atoms with Gasteiger partial charge in [0.15, 0.2) is 11.9 Å². The van der Waals surface area contributed by atoms with Crippen LogP contribution in [0.3, 0.4) is 0 Å². The molecule has 1 amide bonds. The Morgan fingerprint density at radius 3 is 3.00 bits per heavy atom. The van der Waals surface area contributed by atoms with Crippen LogP contribution in [0.2, 0.25) is 0 Å². The van der Waals surface area contributed by atoms with Crippen molar-refractivity contribution in [2.75, 3.05) is 19.7 Å². The fraction of sp³-hybridized carbons (Fsp3) is 0.600. The molecule has 0 radical (unpaired) electrons. The SMILES string of the molecule is CCCCOC(=O)N1CCCC(Oc2ccc([N+](=O)[O-])nc2)C1. The van der Waals surface area contributed by atoms with Gasteiger partial charge >= 0.3 is 11.9 Å². The summed E-state index contributed by atoms with van der Waals surface area (Å²) in [5, 5.41) is 10.6. The summed E-state index contributed by atoms with van der Waals surface area (Å²) in [6.45, 7) is 3.58. The van der Waals surface area contributed by atoms with Crippen molar-refractivity contribution in [1.29, 1.82) is 0 Å². The first-order valence-corrected chi connectivity index (χ1v) is 7.79. The molecule has 1 atom stereocenters. The average molecular weight is 323 g/mol. The molecule has 0 spiro atoms. The minimum atomic E-state index is -0.557. The van der Waals surface area contributed by atoms with Crippen LogP contribution in [-0.4, -0.2) is 46.7 Å². The predicted molar refractivity (Wildman–Crippen MR) is 82.4 cm³/mol. The normalized spacial score (nSPS) is 17.6. The van der Waals surface area contributed by atoms with E-state index in [2.05, 4.69) is 4.98 Å². The Labute approximate surface area is 134 Å². The summed E-state index contributed by atoms with van der Waals surface area (Å²) in [7, 11) is 0. The molecule has 2 heterocycles. The molecule has 126 valence electrons. The van der Waals surface area contributed by atoms with E-state index in [1.165, 1.54) is 18.3 Å². The Kier molecular flexibility index (Phi) is 6.13. The molecule has 1 saturated heterocycles. The molecule has 8 heteroatoms. The lowest BCUT2D eigenvalue weighted by Crippen LogP contribution is -2.44. The van der Waals surface area contributed by atoms with Gasteiger partial charge in [0.2, 0.25) is 0 Å². The lowest BCUT2D eigenvalue weighted by molar-refractivity contribution is -0.389. The van der Waals surface area contributed by atoms with Gasteiger partial charge in [0, 0.05) is 12.6 Å². The molecule has 0 bridgehead atoms. The highest BCUT2D eigenvalue weighted by atomic mass is 16.6. The Balaban J connectivity index is 1.85. The lowest BCUT2D eigenvalue weighted by Gasteiger charge is -2.31. The van der Waals surface area contributed by atoms with Crippen LogP contribution in [0.1, 0.15) is 32.6 Å². The van der Waals surface area contributed by atoms with Gasteiger partial charge in [-0.25, -0.2) is 4.79 Å². The number of nitro groups is 1. The third kappa shape index (κ3) is 5.08. The smallest absolute Gasteiger partial charge is 0.409 e. The van der Waals surface area contributed by atoms with Crippen LogP contribution in [0, 0.1) is 10.1 Å². The van der Waals surface area contributed by atoms with Gasteiger partial charge in [0.05, 0.1) is 13.2 Å². The molecular weight excluding hydrogens is 302 g/mol. The van der Waals surface area contributed by atoms with Crippen LogP contribution >= 0.6 is 0 Å². The van der Waals surface area contributed by atoms with Gasteiger partial charge in [-0.05, 0) is 35.2 Å². The van der Waals surface area contributed by atoms with Crippen molar-refractivity contribution in [2.24, 2.45) is 0 Å². The Morgan fingerprint density at radius 2 is 2.35 bits per heavy atom. The van der Waals surface area contributed by atoms with Gasteiger partial charge in [-0.3, -0.25) is 0 Å². The number of amides is 1. The monoisotopic (exact) mass is 323 g/mol. The summed E-state index contributed by atoms with van der Waals surface area (Å²) in [6.07, 6.45) is 4.33. The number of aromatic nitrogens is 1. The van der Waals surface area contributed by atoms with E-state index < -0.39 is 4.92 Å². The zero-order chi connectivity index (χ0) is 16.7. The first-order chi connectivity index (χ1) is 11.1. The number of nitrogens with zero attached hydrogens (tertiary/aromatic N) is 3. The molecular formula is C15H21N3O5. The van der Waals surface area contributed by atoms with Crippen LogP contribution in [-0.2, 0) is 4.74 Å². The predicted octanol–water partition coefficient (Wildman–Crippen LogP) is 2.77. The Hall–Kier alpha value is -2.38. The van der Waals surface area contributed by atoms with Gasteiger partial charge < -0.3 is 24.5 Å². The molecule has 0 saturated carbocycles. The molecule has 1 aliphatic rings. The molecule has 1 aromatic heterocycles. The van der Waals surface area contributed by atoms with E-state index in [1.807, 2.05) is 6.92 Å². The van der Waals surface area contributed by atoms with Crippen LogP contribution in [0.4, 0.5) is 10.6 Å². The third-order valence-corrected chi connectivity index (χ3v) is 3.57. The summed E-state index contributed by atoms with van der Waals surface area (Å²) in [6, 6.07) is 2.82. The Morgan fingerprint density at radius 1 is 1.52 bits per heavy atom. The number of ether oxygens (including phenoxy) is 2. The zero-order valence-corrected chi connectivity index (χ0v) is 13.1. The molecule has 0 aliphatic carbocycles. The van der Waals surface area contributed by atoms with Gasteiger partial charge in [-0.1, -0.05) is 13.3 Å². The van der Waals surface area contributed by atoms with Crippen molar-refractivity contribution in [3.05, 3.63) is 28.4 Å². The maximum atomic E-state index is 12.0. The van der Waals surface area contributed by atoms with Crippen molar-refractivity contribution < 1.29 is 19.2 Å². The van der Waals surface area contributed by atoms with Gasteiger partial charge in [0.25, 0.3) is 0 Å². The average Bonchev–Trinajstić information content (AvgIpc) is 2.56. The lowest BCUT2D eigenvalue weighted by atomic mass is 10.1. The molecule has 0 aromatic carbocycles. The maximum Gasteiger partial charge on any atom is 0.409 e. The van der Waals surface area contributed by atoms with Gasteiger partial charge in [-0.2, -0.15) is 0 Å². The number of likely N-dealkylation sites (tertiary alicyclic amines) is 1. The molecule has 1 aliphatic heterocycles. The number of hydrogen-bond acceptors (Lipinski definition) is 6. The number of pyridine rings is 1. The van der Waals surface area contributed by atoms with Crippen molar-refractivity contribution in [3.63, 3.8) is 0 Å². The molecule has 1 unspecified atom stereocenters. The second-order valence-electron chi connectivity index (χ2n) is 5.41. The molecule has 1 aromatic rings. The van der Waals surface area contributed by atoms with Crippen molar-refractivity contribution >= 4 is 11.9 Å². The molecule has 1 fully saturated rings. The molecule has 2 rings (SSSR count). The van der Waals surface area contributed by atoms with E-state index in [4.69, 9.17) is 9.47 Å². The summed E-state index contributed by atoms with van der Waals surface area (Å²) >= 11 is 0. The topological polar surface area (TPSA) is 94.8 Å². The standard InChI is InChI=1S/C15H21N3O5/c1-2-3-9-22-15(19)17-8-4-5-13(11-17)23-12-6-7-14(16-10-12)18(20)21/h6-7,10,13H,2-5,8-9,11H2,1H3. The van der Waals surface area contributed by atoms with E-state index in [-0.39, 0.29) is 18.0 Å². The molecule has 0 N–H and O–H groups in total. The third-order valence-electron chi connectivity index (χ3n) is 3.57. The van der Waals surface area contributed by atoms with Crippen LogP contribution in [0.5, 0.6) is 5.75 Å². The number of unbranched alkanes of at least 4 members (excludes halogenated alkanes) is 1. The minimum Gasteiger partial charge on any atom is -0.485 e. The Bertz CT molecular complexity index is 534. The number of carbonyl (C=O) groups excluding carboxylic acids is 1. The van der Waals surface area contributed by atoms with Crippen molar-refractivity contribution in [1.82, 2.24) is 9.88 Å². The van der Waals surface area contributed by atoms with E-state index in [9.17, 15) is 14.9 Å². The number of piperidine rings is 1. The maximum absolute atomic E-state index is 12.0. The van der Waals surface area contributed by atoms with Crippen LogP contribution < -0.4 is 4.74 Å². The summed E-state index contributed by atoms with van der Waals surface area (Å²) in [5.41, 5.74) is 0. The van der Waals surface area contributed by atoms with Crippen molar-refractivity contribution in [3.8, 4) is 5.75 Å². The van der Waals surface area contributed by atoms with E-state index in [0.29, 0.717) is 25.4 Å². The van der Waals surface area contributed by atoms with E-state index in [0.717, 1.165) is 25.7 Å². The fourth-order valence-corrected chi connectivity index (χ4v) is 2.34. The van der Waals surface area contributed by atoms with Gasteiger partial charge in [0.1, 0.15) is 6.10 Å². The van der Waals surface area contributed by atoms with Crippen LogP contribution in [0.15, 0.2) is 18.3 Å². The first kappa shape index (κ1) is 17.0. The van der Waals surface area contributed by atoms with Gasteiger partial charge in [-0.15, -0.1) is 0 Å². The largest absolute Gasteiger partial charge is 0.485 e. The second kappa shape index (κ2) is 8.30. The summed E-state index contributed by atoms with van der Waals surface area (Å²) in [4.78, 5) is 27.3. The second-order valence-corrected chi connectivity index (χ2v) is 5.41. The number of hydrogen-bond donors (Lipinski definition) is 0. The summed E-state index contributed by atoms with van der Waals surface area (Å²) < 4.78 is 11.0. The molecule has 8 nitrogen and oxygen atoms in total. The van der Waals surface area contributed by atoms with Crippen LogP contribution in [0.25, 0.3) is 0 Å². The van der Waals surface area contributed by atoms with E-state index >= 15 is 0 Å². The zero-order valence-electron chi connectivity index (χ0n) is 13.1. The number of carbonyl (C=O) groups is 1. The number of rotatable bonds is 6. The highest BCUT2D eigenvalue weighted by molar-refractivity contribution is 5.67. The highest BCUT2D eigenvalue weighted by Gasteiger charge is 2.26. The molecule has 23 heavy (non-hydrogen) atoms.